The summed E-state index contributed by atoms with van der Waals surface area (Å²) in [7, 11) is -3.45. The minimum absolute atomic E-state index is 0.00645. The molecule has 1 heterocycles. The lowest BCUT2D eigenvalue weighted by Crippen LogP contribution is -2.52. The highest BCUT2D eigenvalue weighted by molar-refractivity contribution is 7.89. The van der Waals surface area contributed by atoms with Crippen LogP contribution in [0.1, 0.15) is 47.0 Å². The van der Waals surface area contributed by atoms with Gasteiger partial charge in [0.15, 0.2) is 5.78 Å². The van der Waals surface area contributed by atoms with E-state index in [1.807, 2.05) is 13.8 Å². The molecule has 1 fully saturated rings. The number of piperidine rings is 1. The number of nitrogens with two attached hydrogens (primary N) is 1. The molecular formula is C20H38N4O6S. The van der Waals surface area contributed by atoms with E-state index in [0.29, 0.717) is 19.5 Å². The standard InChI is InChI=1S/C20H38N4O6S/c1-12(2)11-31(29,30)24-16-7-15(9-22-10-16)19(27)8-17(13(3)25)20(28)23-18(5-6-21)14(4)26/h12-13,15-18,22,24-25H,5-11,21H2,1-4H3,(H,23,28)/t13-,15?,16?,17-,18-/m0/s1. The molecule has 0 aromatic rings. The molecule has 1 saturated heterocycles. The molecule has 0 aromatic heterocycles. The van der Waals surface area contributed by atoms with Gasteiger partial charge in [0.25, 0.3) is 0 Å². The third kappa shape index (κ3) is 9.73. The van der Waals surface area contributed by atoms with E-state index in [1.165, 1.54) is 13.8 Å². The molecule has 1 aliphatic rings. The average molecular weight is 463 g/mol. The number of aliphatic hydroxyl groups excluding tert-OH is 1. The maximum Gasteiger partial charge on any atom is 0.226 e. The number of rotatable bonds is 13. The molecule has 0 bridgehead atoms. The lowest BCUT2D eigenvalue weighted by atomic mass is 9.85. The number of carbonyl (C=O) groups is 3. The predicted molar refractivity (Wildman–Crippen MR) is 118 cm³/mol. The first-order chi connectivity index (χ1) is 14.4. The molecule has 0 aliphatic carbocycles. The molecule has 11 heteroatoms. The van der Waals surface area contributed by atoms with Crippen LogP contribution in [-0.4, -0.2) is 74.6 Å². The normalized spacial score (nSPS) is 22.5. The Morgan fingerprint density at radius 1 is 1.19 bits per heavy atom. The van der Waals surface area contributed by atoms with Crippen molar-refractivity contribution in [3.63, 3.8) is 0 Å². The van der Waals surface area contributed by atoms with Crippen LogP contribution in [0, 0.1) is 17.8 Å². The van der Waals surface area contributed by atoms with Crippen LogP contribution < -0.4 is 21.1 Å². The van der Waals surface area contributed by atoms with Crippen molar-refractivity contribution in [3.05, 3.63) is 0 Å². The Balaban J connectivity index is 2.76. The smallest absolute Gasteiger partial charge is 0.226 e. The number of nitrogens with one attached hydrogen (secondary N) is 3. The van der Waals surface area contributed by atoms with Gasteiger partial charge in [0.05, 0.1) is 23.8 Å². The van der Waals surface area contributed by atoms with Gasteiger partial charge in [0.1, 0.15) is 5.78 Å². The van der Waals surface area contributed by atoms with Crippen LogP contribution in [0.2, 0.25) is 0 Å². The maximum atomic E-state index is 12.9. The molecule has 0 spiro atoms. The molecule has 2 unspecified atom stereocenters. The monoisotopic (exact) mass is 462 g/mol. The molecule has 0 saturated carbocycles. The van der Waals surface area contributed by atoms with Crippen molar-refractivity contribution >= 4 is 27.5 Å². The van der Waals surface area contributed by atoms with Crippen molar-refractivity contribution in [2.45, 2.75) is 65.1 Å². The molecule has 10 nitrogen and oxygen atoms in total. The predicted octanol–water partition coefficient (Wildman–Crippen LogP) is -1.08. The minimum Gasteiger partial charge on any atom is -0.393 e. The second-order valence-corrected chi connectivity index (χ2v) is 10.6. The van der Waals surface area contributed by atoms with Crippen molar-refractivity contribution in [2.75, 3.05) is 25.4 Å². The lowest BCUT2D eigenvalue weighted by Gasteiger charge is -2.31. The van der Waals surface area contributed by atoms with Gasteiger partial charge in [-0.05, 0) is 39.2 Å². The quantitative estimate of drug-likeness (QED) is 0.230. The number of sulfonamides is 1. The Kier molecular flexibility index (Phi) is 11.2. The SMILES string of the molecule is CC(=O)[C@H](CCN)NC(=O)[C@@H](CC(=O)C1CNCC(NS(=O)(=O)CC(C)C)C1)[C@H](C)O. The Labute approximate surface area is 185 Å². The number of amides is 1. The van der Waals surface area contributed by atoms with Gasteiger partial charge >= 0.3 is 0 Å². The van der Waals surface area contributed by atoms with E-state index < -0.39 is 46.0 Å². The van der Waals surface area contributed by atoms with Crippen LogP contribution in [0.5, 0.6) is 0 Å². The molecule has 31 heavy (non-hydrogen) atoms. The van der Waals surface area contributed by atoms with E-state index >= 15 is 0 Å². The van der Waals surface area contributed by atoms with Crippen LogP contribution in [0.15, 0.2) is 0 Å². The Bertz CT molecular complexity index is 725. The van der Waals surface area contributed by atoms with Gasteiger partial charge in [-0.2, -0.15) is 0 Å². The fraction of sp³-hybridized carbons (Fsp3) is 0.850. The molecule has 1 amide bonds. The van der Waals surface area contributed by atoms with Gasteiger partial charge in [0.2, 0.25) is 15.9 Å². The van der Waals surface area contributed by atoms with Crippen LogP contribution >= 0.6 is 0 Å². The second-order valence-electron chi connectivity index (χ2n) is 8.85. The van der Waals surface area contributed by atoms with E-state index in [-0.39, 0.29) is 42.6 Å². The molecule has 5 atom stereocenters. The zero-order valence-corrected chi connectivity index (χ0v) is 19.7. The number of hydrogen-bond donors (Lipinski definition) is 5. The van der Waals surface area contributed by atoms with E-state index in [4.69, 9.17) is 5.73 Å². The lowest BCUT2D eigenvalue weighted by molar-refractivity contribution is -0.136. The third-order valence-electron chi connectivity index (χ3n) is 5.31. The highest BCUT2D eigenvalue weighted by Crippen LogP contribution is 2.20. The summed E-state index contributed by atoms with van der Waals surface area (Å²) in [5.74, 6) is -2.56. The summed E-state index contributed by atoms with van der Waals surface area (Å²) >= 11 is 0. The molecule has 180 valence electrons. The summed E-state index contributed by atoms with van der Waals surface area (Å²) in [4.78, 5) is 37.2. The first-order valence-electron chi connectivity index (χ1n) is 10.8. The van der Waals surface area contributed by atoms with Gasteiger partial charge in [0, 0.05) is 31.5 Å². The number of Topliss-reactive ketones (excluding diaryl/α,β-unsaturated/α-hetero) is 2. The number of ketones is 2. The van der Waals surface area contributed by atoms with Gasteiger partial charge in [-0.15, -0.1) is 0 Å². The van der Waals surface area contributed by atoms with Crippen LogP contribution in [0.4, 0.5) is 0 Å². The molecule has 0 radical (unpaired) electrons. The van der Waals surface area contributed by atoms with E-state index in [0.717, 1.165) is 0 Å². The first kappa shape index (κ1) is 27.6. The number of carbonyl (C=O) groups excluding carboxylic acids is 3. The molecular weight excluding hydrogens is 424 g/mol. The Morgan fingerprint density at radius 2 is 1.84 bits per heavy atom. The van der Waals surface area contributed by atoms with E-state index in [9.17, 15) is 27.9 Å². The van der Waals surface area contributed by atoms with Crippen LogP contribution in [0.3, 0.4) is 0 Å². The topological polar surface area (TPSA) is 168 Å². The zero-order chi connectivity index (χ0) is 23.8. The van der Waals surface area contributed by atoms with Gasteiger partial charge in [-0.1, -0.05) is 13.8 Å². The van der Waals surface area contributed by atoms with Gasteiger partial charge in [-0.25, -0.2) is 13.1 Å². The van der Waals surface area contributed by atoms with Crippen LogP contribution in [-0.2, 0) is 24.4 Å². The molecule has 1 rings (SSSR count). The summed E-state index contributed by atoms with van der Waals surface area (Å²) in [5.41, 5.74) is 5.48. The van der Waals surface area contributed by atoms with E-state index in [2.05, 4.69) is 15.4 Å². The second kappa shape index (κ2) is 12.6. The van der Waals surface area contributed by atoms with Crippen molar-refractivity contribution in [1.82, 2.24) is 15.4 Å². The number of aliphatic hydroxyl groups is 1. The summed E-state index contributed by atoms with van der Waals surface area (Å²) < 4.78 is 27.1. The summed E-state index contributed by atoms with van der Waals surface area (Å²) in [6.45, 7) is 7.40. The van der Waals surface area contributed by atoms with Crippen LogP contribution in [0.25, 0.3) is 0 Å². The molecule has 1 aliphatic heterocycles. The number of hydrogen-bond acceptors (Lipinski definition) is 8. The molecule has 6 N–H and O–H groups in total. The first-order valence-corrected chi connectivity index (χ1v) is 12.4. The molecule has 0 aromatic carbocycles. The van der Waals surface area contributed by atoms with Crippen molar-refractivity contribution in [1.29, 1.82) is 0 Å². The minimum atomic E-state index is -3.45. The fourth-order valence-corrected chi connectivity index (χ4v) is 5.37. The third-order valence-corrected chi connectivity index (χ3v) is 7.11. The zero-order valence-electron chi connectivity index (χ0n) is 18.9. The van der Waals surface area contributed by atoms with E-state index in [1.54, 1.807) is 0 Å². The van der Waals surface area contributed by atoms with Gasteiger partial charge in [-0.3, -0.25) is 14.4 Å². The Morgan fingerprint density at radius 3 is 2.35 bits per heavy atom. The van der Waals surface area contributed by atoms with Crippen molar-refractivity contribution < 1.29 is 27.9 Å². The summed E-state index contributed by atoms with van der Waals surface area (Å²) in [5, 5.41) is 15.7. The van der Waals surface area contributed by atoms with Gasteiger partial charge < -0.3 is 21.5 Å². The average Bonchev–Trinajstić information content (AvgIpc) is 2.63. The largest absolute Gasteiger partial charge is 0.393 e. The summed E-state index contributed by atoms with van der Waals surface area (Å²) in [6.07, 6.45) is -0.701. The van der Waals surface area contributed by atoms with Crippen molar-refractivity contribution in [3.8, 4) is 0 Å². The Hall–Kier alpha value is -1.40. The highest BCUT2D eigenvalue weighted by Gasteiger charge is 2.34. The van der Waals surface area contributed by atoms with Crippen molar-refractivity contribution in [2.24, 2.45) is 23.5 Å². The maximum absolute atomic E-state index is 12.9. The summed E-state index contributed by atoms with van der Waals surface area (Å²) in [6, 6.07) is -1.18. The highest BCUT2D eigenvalue weighted by atomic mass is 32.2. The fourth-order valence-electron chi connectivity index (χ4n) is 3.71.